The molecule has 1 aromatic rings. The molecule has 15 heavy (non-hydrogen) atoms. The predicted octanol–water partition coefficient (Wildman–Crippen LogP) is 3.18. The first-order chi connectivity index (χ1) is 7.36. The molecule has 0 bridgehead atoms. The molecule has 0 aromatic heterocycles. The molecular formula is C14H19N. The molecule has 0 spiro atoms. The quantitative estimate of drug-likeness (QED) is 0.726. The van der Waals surface area contributed by atoms with E-state index < -0.39 is 0 Å². The van der Waals surface area contributed by atoms with Gasteiger partial charge in [0.1, 0.15) is 0 Å². The Morgan fingerprint density at radius 2 is 1.80 bits per heavy atom. The minimum atomic E-state index is 0.577. The van der Waals surface area contributed by atoms with E-state index in [2.05, 4.69) is 54.3 Å². The fourth-order valence-electron chi connectivity index (χ4n) is 2.09. The number of benzene rings is 1. The molecule has 0 radical (unpaired) electrons. The third-order valence-electron chi connectivity index (χ3n) is 3.08. The monoisotopic (exact) mass is 201 g/mol. The molecule has 1 nitrogen and oxygen atoms in total. The Morgan fingerprint density at radius 1 is 1.13 bits per heavy atom. The average molecular weight is 201 g/mol. The van der Waals surface area contributed by atoms with Crippen molar-refractivity contribution in [2.24, 2.45) is 0 Å². The van der Waals surface area contributed by atoms with Gasteiger partial charge in [-0.2, -0.15) is 0 Å². The second-order valence-electron chi connectivity index (χ2n) is 4.25. The van der Waals surface area contributed by atoms with Gasteiger partial charge in [0.25, 0.3) is 0 Å². The summed E-state index contributed by atoms with van der Waals surface area (Å²) in [6.45, 7) is 4.81. The Morgan fingerprint density at radius 3 is 2.47 bits per heavy atom. The van der Waals surface area contributed by atoms with Gasteiger partial charge in [-0.1, -0.05) is 42.5 Å². The Kier molecular flexibility index (Phi) is 3.57. The fourth-order valence-corrected chi connectivity index (χ4v) is 2.09. The van der Waals surface area contributed by atoms with Crippen molar-refractivity contribution in [1.82, 2.24) is 4.90 Å². The van der Waals surface area contributed by atoms with Gasteiger partial charge in [-0.05, 0) is 38.4 Å². The minimum absolute atomic E-state index is 0.577. The van der Waals surface area contributed by atoms with Crippen LogP contribution in [-0.2, 0) is 0 Å². The Labute approximate surface area is 92.4 Å². The molecule has 1 fully saturated rings. The molecule has 1 aliphatic rings. The SMILES string of the molecule is C[C@@H](/C=C/c1ccccc1)N1CCCC1. The van der Waals surface area contributed by atoms with Crippen molar-refractivity contribution in [3.8, 4) is 0 Å². The molecule has 1 heterocycles. The van der Waals surface area contributed by atoms with Crippen LogP contribution in [0.5, 0.6) is 0 Å². The second kappa shape index (κ2) is 5.13. The zero-order valence-corrected chi connectivity index (χ0v) is 9.39. The van der Waals surface area contributed by atoms with Crippen molar-refractivity contribution in [2.75, 3.05) is 13.1 Å². The van der Waals surface area contributed by atoms with Gasteiger partial charge in [0.05, 0.1) is 0 Å². The van der Waals surface area contributed by atoms with Crippen molar-refractivity contribution in [2.45, 2.75) is 25.8 Å². The van der Waals surface area contributed by atoms with E-state index in [-0.39, 0.29) is 0 Å². The maximum absolute atomic E-state index is 2.54. The first-order valence-electron chi connectivity index (χ1n) is 5.83. The molecule has 1 aromatic carbocycles. The number of hydrogen-bond acceptors (Lipinski definition) is 1. The summed E-state index contributed by atoms with van der Waals surface area (Å²) in [4.78, 5) is 2.54. The lowest BCUT2D eigenvalue weighted by molar-refractivity contribution is 0.301. The van der Waals surface area contributed by atoms with Gasteiger partial charge in [0.2, 0.25) is 0 Å². The van der Waals surface area contributed by atoms with Crippen LogP contribution in [0.4, 0.5) is 0 Å². The lowest BCUT2D eigenvalue weighted by Gasteiger charge is -2.20. The summed E-state index contributed by atoms with van der Waals surface area (Å²) in [6.07, 6.45) is 7.26. The predicted molar refractivity (Wildman–Crippen MR) is 65.7 cm³/mol. The molecule has 0 amide bonds. The van der Waals surface area contributed by atoms with E-state index >= 15 is 0 Å². The topological polar surface area (TPSA) is 3.24 Å². The van der Waals surface area contributed by atoms with Gasteiger partial charge in [-0.3, -0.25) is 4.90 Å². The van der Waals surface area contributed by atoms with Crippen molar-refractivity contribution < 1.29 is 0 Å². The van der Waals surface area contributed by atoms with Crippen LogP contribution in [0.25, 0.3) is 6.08 Å². The van der Waals surface area contributed by atoms with E-state index in [9.17, 15) is 0 Å². The summed E-state index contributed by atoms with van der Waals surface area (Å²) in [5.74, 6) is 0. The fraction of sp³-hybridized carbons (Fsp3) is 0.429. The normalized spacial score (nSPS) is 19.8. The molecule has 1 aliphatic heterocycles. The molecule has 0 aliphatic carbocycles. The Balaban J connectivity index is 1.93. The van der Waals surface area contributed by atoms with Crippen molar-refractivity contribution in [3.05, 3.63) is 42.0 Å². The maximum Gasteiger partial charge on any atom is 0.0253 e. The number of nitrogens with zero attached hydrogens (tertiary/aromatic N) is 1. The summed E-state index contributed by atoms with van der Waals surface area (Å²) in [6, 6.07) is 11.1. The standard InChI is InChI=1S/C14H19N/c1-13(15-11-5-6-12-15)9-10-14-7-3-2-4-8-14/h2-4,7-10,13H,5-6,11-12H2,1H3/b10-9+/t13-/m0/s1. The van der Waals surface area contributed by atoms with E-state index in [1.807, 2.05) is 0 Å². The molecule has 1 heteroatoms. The summed E-state index contributed by atoms with van der Waals surface area (Å²) < 4.78 is 0. The lowest BCUT2D eigenvalue weighted by Crippen LogP contribution is -2.28. The van der Waals surface area contributed by atoms with E-state index in [0.29, 0.717) is 6.04 Å². The third-order valence-corrected chi connectivity index (χ3v) is 3.08. The van der Waals surface area contributed by atoms with E-state index in [0.717, 1.165) is 0 Å². The second-order valence-corrected chi connectivity index (χ2v) is 4.25. The number of rotatable bonds is 3. The summed E-state index contributed by atoms with van der Waals surface area (Å²) in [5, 5.41) is 0. The van der Waals surface area contributed by atoms with Crippen LogP contribution in [-0.4, -0.2) is 24.0 Å². The van der Waals surface area contributed by atoms with Gasteiger partial charge >= 0.3 is 0 Å². The summed E-state index contributed by atoms with van der Waals surface area (Å²) in [5.41, 5.74) is 1.29. The maximum atomic E-state index is 2.54. The number of hydrogen-bond donors (Lipinski definition) is 0. The number of likely N-dealkylation sites (tertiary alicyclic amines) is 1. The molecule has 1 atom stereocenters. The van der Waals surface area contributed by atoms with Gasteiger partial charge < -0.3 is 0 Å². The van der Waals surface area contributed by atoms with Crippen molar-refractivity contribution in [3.63, 3.8) is 0 Å². The summed E-state index contributed by atoms with van der Waals surface area (Å²) in [7, 11) is 0. The van der Waals surface area contributed by atoms with Crippen molar-refractivity contribution >= 4 is 6.08 Å². The Hall–Kier alpha value is -1.08. The van der Waals surface area contributed by atoms with Gasteiger partial charge in [0, 0.05) is 6.04 Å². The van der Waals surface area contributed by atoms with Crippen LogP contribution in [0.1, 0.15) is 25.3 Å². The highest BCUT2D eigenvalue weighted by Crippen LogP contribution is 2.13. The van der Waals surface area contributed by atoms with Gasteiger partial charge in [-0.25, -0.2) is 0 Å². The highest BCUT2D eigenvalue weighted by molar-refractivity contribution is 5.49. The highest BCUT2D eigenvalue weighted by atomic mass is 15.2. The van der Waals surface area contributed by atoms with Crippen LogP contribution < -0.4 is 0 Å². The highest BCUT2D eigenvalue weighted by Gasteiger charge is 2.15. The van der Waals surface area contributed by atoms with Crippen LogP contribution >= 0.6 is 0 Å². The minimum Gasteiger partial charge on any atom is -0.297 e. The van der Waals surface area contributed by atoms with E-state index in [1.54, 1.807) is 0 Å². The Bertz CT molecular complexity index is 309. The van der Waals surface area contributed by atoms with Gasteiger partial charge in [0.15, 0.2) is 0 Å². The molecular weight excluding hydrogens is 182 g/mol. The zero-order chi connectivity index (χ0) is 10.5. The molecule has 1 saturated heterocycles. The largest absolute Gasteiger partial charge is 0.297 e. The van der Waals surface area contributed by atoms with Crippen LogP contribution in [0.2, 0.25) is 0 Å². The summed E-state index contributed by atoms with van der Waals surface area (Å²) >= 11 is 0. The lowest BCUT2D eigenvalue weighted by atomic mass is 10.2. The van der Waals surface area contributed by atoms with Gasteiger partial charge in [-0.15, -0.1) is 0 Å². The van der Waals surface area contributed by atoms with E-state index in [1.165, 1.54) is 31.5 Å². The molecule has 2 rings (SSSR count). The van der Waals surface area contributed by atoms with Crippen LogP contribution in [0.15, 0.2) is 36.4 Å². The molecule has 0 unspecified atom stereocenters. The van der Waals surface area contributed by atoms with Crippen LogP contribution in [0.3, 0.4) is 0 Å². The first kappa shape index (κ1) is 10.4. The average Bonchev–Trinajstić information content (AvgIpc) is 2.81. The first-order valence-corrected chi connectivity index (χ1v) is 5.83. The van der Waals surface area contributed by atoms with E-state index in [4.69, 9.17) is 0 Å². The van der Waals surface area contributed by atoms with Crippen molar-refractivity contribution in [1.29, 1.82) is 0 Å². The molecule has 0 saturated carbocycles. The van der Waals surface area contributed by atoms with Crippen LogP contribution in [0, 0.1) is 0 Å². The smallest absolute Gasteiger partial charge is 0.0253 e. The third kappa shape index (κ3) is 2.93. The molecule has 0 N–H and O–H groups in total. The zero-order valence-electron chi connectivity index (χ0n) is 9.39. The molecule has 80 valence electrons.